The fourth-order valence-corrected chi connectivity index (χ4v) is 2.49. The van der Waals surface area contributed by atoms with Crippen molar-refractivity contribution in [3.05, 3.63) is 33.9 Å². The molecule has 1 aliphatic heterocycles. The Morgan fingerprint density at radius 3 is 2.88 bits per heavy atom. The summed E-state index contributed by atoms with van der Waals surface area (Å²) in [6.45, 7) is 0.398. The molecule has 1 amide bonds. The van der Waals surface area contributed by atoms with Crippen LogP contribution in [0.5, 0.6) is 0 Å². The highest BCUT2D eigenvalue weighted by Gasteiger charge is 2.25. The quantitative estimate of drug-likeness (QED) is 0.782. The van der Waals surface area contributed by atoms with Gasteiger partial charge in [0.15, 0.2) is 5.78 Å². The van der Waals surface area contributed by atoms with Crippen LogP contribution in [-0.4, -0.2) is 23.2 Å². The lowest BCUT2D eigenvalue weighted by atomic mass is 10.1. The summed E-state index contributed by atoms with van der Waals surface area (Å²) in [4.78, 5) is 26.8. The topological polar surface area (TPSA) is 62.0 Å². The van der Waals surface area contributed by atoms with Crippen LogP contribution in [0.25, 0.3) is 10.9 Å². The van der Waals surface area contributed by atoms with Crippen molar-refractivity contribution in [2.75, 3.05) is 6.54 Å². The molecule has 0 aliphatic carbocycles. The number of hydrogen-bond donors (Lipinski definition) is 2. The van der Waals surface area contributed by atoms with Crippen LogP contribution < -0.4 is 5.32 Å². The van der Waals surface area contributed by atoms with Crippen LogP contribution in [0.3, 0.4) is 0 Å². The van der Waals surface area contributed by atoms with Gasteiger partial charge in [-0.1, -0.05) is 15.9 Å². The Labute approximate surface area is 106 Å². The highest BCUT2D eigenvalue weighted by molar-refractivity contribution is 9.10. The van der Waals surface area contributed by atoms with Crippen molar-refractivity contribution in [2.24, 2.45) is 0 Å². The summed E-state index contributed by atoms with van der Waals surface area (Å²) in [7, 11) is 0. The zero-order chi connectivity index (χ0) is 12.0. The van der Waals surface area contributed by atoms with Crippen molar-refractivity contribution in [1.82, 2.24) is 10.3 Å². The molecule has 1 aromatic heterocycles. The zero-order valence-corrected chi connectivity index (χ0v) is 10.4. The highest BCUT2D eigenvalue weighted by atomic mass is 79.9. The SMILES string of the molecule is O=C1NCCC(=O)c2c1[nH]c1ccc(Br)cc21. The lowest BCUT2D eigenvalue weighted by Crippen LogP contribution is -2.23. The number of fused-ring (bicyclic) bond motifs is 3. The van der Waals surface area contributed by atoms with Crippen molar-refractivity contribution in [2.45, 2.75) is 6.42 Å². The zero-order valence-electron chi connectivity index (χ0n) is 8.84. The van der Waals surface area contributed by atoms with E-state index in [1.165, 1.54) is 0 Å². The van der Waals surface area contributed by atoms with Crippen molar-refractivity contribution < 1.29 is 9.59 Å². The molecular formula is C12H9BrN2O2. The van der Waals surface area contributed by atoms with Gasteiger partial charge in [0.1, 0.15) is 5.69 Å². The number of benzene rings is 1. The van der Waals surface area contributed by atoms with Crippen molar-refractivity contribution in [1.29, 1.82) is 0 Å². The molecule has 4 nitrogen and oxygen atoms in total. The first-order chi connectivity index (χ1) is 8.16. The van der Waals surface area contributed by atoms with Crippen LogP contribution >= 0.6 is 15.9 Å². The molecule has 0 spiro atoms. The molecule has 5 heteroatoms. The number of ketones is 1. The van der Waals surface area contributed by atoms with E-state index >= 15 is 0 Å². The molecule has 2 aromatic rings. The number of H-pyrrole nitrogens is 1. The second-order valence-electron chi connectivity index (χ2n) is 3.99. The Hall–Kier alpha value is -1.62. The standard InChI is InChI=1S/C12H9BrN2O2/c13-6-1-2-8-7(5-6)10-9(16)3-4-14-12(17)11(10)15-8/h1-2,5,15H,3-4H2,(H,14,17). The van der Waals surface area contributed by atoms with Gasteiger partial charge in [0.05, 0.1) is 5.56 Å². The van der Waals surface area contributed by atoms with Crippen molar-refractivity contribution >= 4 is 38.5 Å². The first-order valence-electron chi connectivity index (χ1n) is 5.29. The van der Waals surface area contributed by atoms with E-state index in [1.54, 1.807) is 0 Å². The van der Waals surface area contributed by atoms with Gasteiger partial charge in [-0.2, -0.15) is 0 Å². The molecule has 86 valence electrons. The van der Waals surface area contributed by atoms with Crippen LogP contribution in [0, 0.1) is 0 Å². The number of carbonyl (C=O) groups excluding carboxylic acids is 2. The van der Waals surface area contributed by atoms with E-state index in [-0.39, 0.29) is 11.7 Å². The van der Waals surface area contributed by atoms with Gasteiger partial charge in [0, 0.05) is 28.3 Å². The predicted octanol–water partition coefficient (Wildman–Crippen LogP) is 2.25. The van der Waals surface area contributed by atoms with Gasteiger partial charge in [0.2, 0.25) is 0 Å². The highest BCUT2D eigenvalue weighted by Crippen LogP contribution is 2.27. The molecule has 2 N–H and O–H groups in total. The largest absolute Gasteiger partial charge is 0.350 e. The fraction of sp³-hybridized carbons (Fsp3) is 0.167. The summed E-state index contributed by atoms with van der Waals surface area (Å²) in [6, 6.07) is 5.59. The van der Waals surface area contributed by atoms with E-state index in [4.69, 9.17) is 0 Å². The number of halogens is 1. The number of hydrogen-bond acceptors (Lipinski definition) is 2. The first kappa shape index (κ1) is 10.5. The molecule has 1 aliphatic rings. The van der Waals surface area contributed by atoms with Gasteiger partial charge < -0.3 is 10.3 Å². The number of rotatable bonds is 0. The Kier molecular flexibility index (Phi) is 2.29. The Morgan fingerprint density at radius 1 is 1.24 bits per heavy atom. The average Bonchev–Trinajstić information content (AvgIpc) is 2.60. The third-order valence-electron chi connectivity index (χ3n) is 2.90. The number of carbonyl (C=O) groups is 2. The third kappa shape index (κ3) is 1.58. The second-order valence-corrected chi connectivity index (χ2v) is 4.91. The summed E-state index contributed by atoms with van der Waals surface area (Å²) in [5.41, 5.74) is 1.69. The minimum Gasteiger partial charge on any atom is -0.350 e. The van der Waals surface area contributed by atoms with Crippen molar-refractivity contribution in [3.8, 4) is 0 Å². The Bertz CT molecular complexity index is 645. The van der Waals surface area contributed by atoms with Crippen LogP contribution in [0.2, 0.25) is 0 Å². The minimum absolute atomic E-state index is 0.00250. The van der Waals surface area contributed by atoms with Crippen LogP contribution in [-0.2, 0) is 0 Å². The summed E-state index contributed by atoms with van der Waals surface area (Å²) < 4.78 is 0.893. The molecule has 2 heterocycles. The maximum Gasteiger partial charge on any atom is 0.268 e. The molecule has 0 radical (unpaired) electrons. The second kappa shape index (κ2) is 3.70. The Morgan fingerprint density at radius 2 is 2.06 bits per heavy atom. The Balaban J connectivity index is 2.38. The molecular weight excluding hydrogens is 284 g/mol. The van der Waals surface area contributed by atoms with Gasteiger partial charge >= 0.3 is 0 Å². The molecule has 0 atom stereocenters. The van der Waals surface area contributed by atoms with Gasteiger partial charge in [0.25, 0.3) is 5.91 Å². The van der Waals surface area contributed by atoms with Gasteiger partial charge in [-0.3, -0.25) is 9.59 Å². The molecule has 0 saturated carbocycles. The summed E-state index contributed by atoms with van der Waals surface area (Å²) >= 11 is 3.37. The van der Waals surface area contributed by atoms with E-state index in [2.05, 4.69) is 26.2 Å². The number of aromatic amines is 1. The third-order valence-corrected chi connectivity index (χ3v) is 3.40. The molecule has 0 bridgehead atoms. The monoisotopic (exact) mass is 292 g/mol. The summed E-state index contributed by atoms with van der Waals surface area (Å²) in [5, 5.41) is 3.51. The number of aromatic nitrogens is 1. The first-order valence-corrected chi connectivity index (χ1v) is 6.09. The van der Waals surface area contributed by atoms with E-state index < -0.39 is 0 Å². The lowest BCUT2D eigenvalue weighted by Gasteiger charge is -1.96. The van der Waals surface area contributed by atoms with Gasteiger partial charge in [-0.05, 0) is 18.2 Å². The fourth-order valence-electron chi connectivity index (χ4n) is 2.13. The molecule has 0 saturated heterocycles. The smallest absolute Gasteiger partial charge is 0.268 e. The maximum atomic E-state index is 12.0. The lowest BCUT2D eigenvalue weighted by molar-refractivity contribution is 0.0952. The van der Waals surface area contributed by atoms with Crippen LogP contribution in [0.15, 0.2) is 22.7 Å². The molecule has 0 fully saturated rings. The number of nitrogens with one attached hydrogen (secondary N) is 2. The summed E-state index contributed by atoms with van der Waals surface area (Å²) in [5.74, 6) is -0.208. The molecule has 17 heavy (non-hydrogen) atoms. The maximum absolute atomic E-state index is 12.0. The van der Waals surface area contributed by atoms with Gasteiger partial charge in [-0.15, -0.1) is 0 Å². The summed E-state index contributed by atoms with van der Waals surface area (Å²) in [6.07, 6.45) is 0.345. The minimum atomic E-state index is -0.210. The molecule has 0 unspecified atom stereocenters. The number of amides is 1. The van der Waals surface area contributed by atoms with Gasteiger partial charge in [-0.25, -0.2) is 0 Å². The van der Waals surface area contributed by atoms with E-state index in [0.29, 0.717) is 24.2 Å². The number of Topliss-reactive ketones (excluding diaryl/α,β-unsaturated/α-hetero) is 1. The predicted molar refractivity (Wildman–Crippen MR) is 67.3 cm³/mol. The van der Waals surface area contributed by atoms with E-state index in [0.717, 1.165) is 15.4 Å². The van der Waals surface area contributed by atoms with E-state index in [9.17, 15) is 9.59 Å². The van der Waals surface area contributed by atoms with Crippen LogP contribution in [0.4, 0.5) is 0 Å². The van der Waals surface area contributed by atoms with E-state index in [1.807, 2.05) is 18.2 Å². The normalized spacial score (nSPS) is 15.6. The average molecular weight is 293 g/mol. The molecule has 3 rings (SSSR count). The van der Waals surface area contributed by atoms with Crippen molar-refractivity contribution in [3.63, 3.8) is 0 Å². The molecule has 1 aromatic carbocycles. The van der Waals surface area contributed by atoms with Crippen LogP contribution in [0.1, 0.15) is 27.3 Å².